The summed E-state index contributed by atoms with van der Waals surface area (Å²) < 4.78 is 21.6. The zero-order chi connectivity index (χ0) is 24.4. The van der Waals surface area contributed by atoms with Crippen LogP contribution in [0.15, 0.2) is 42.7 Å². The van der Waals surface area contributed by atoms with E-state index in [-0.39, 0.29) is 23.6 Å². The number of hydrogen-bond donors (Lipinski definition) is 0. The van der Waals surface area contributed by atoms with Crippen molar-refractivity contribution in [1.29, 1.82) is 5.26 Å². The van der Waals surface area contributed by atoms with Crippen LogP contribution in [0.3, 0.4) is 0 Å². The lowest BCUT2D eigenvalue weighted by Crippen LogP contribution is -2.59. The highest BCUT2D eigenvalue weighted by atomic mass is 19.1. The first kappa shape index (κ1) is 23.1. The lowest BCUT2D eigenvalue weighted by Gasteiger charge is -2.46. The van der Waals surface area contributed by atoms with E-state index in [1.165, 1.54) is 6.07 Å². The molecule has 0 saturated carbocycles. The first-order valence-corrected chi connectivity index (χ1v) is 11.7. The molecule has 2 saturated heterocycles. The van der Waals surface area contributed by atoms with Crippen molar-refractivity contribution in [3.63, 3.8) is 0 Å². The van der Waals surface area contributed by atoms with Crippen LogP contribution in [0.4, 0.5) is 4.39 Å². The van der Waals surface area contributed by atoms with Crippen molar-refractivity contribution in [2.45, 2.75) is 31.9 Å². The zero-order valence-electron chi connectivity index (χ0n) is 19.5. The quantitative estimate of drug-likeness (QED) is 0.558. The van der Waals surface area contributed by atoms with Gasteiger partial charge in [-0.2, -0.15) is 5.26 Å². The van der Waals surface area contributed by atoms with Crippen molar-refractivity contribution >= 4 is 5.91 Å². The molecule has 0 aliphatic carbocycles. The molecule has 35 heavy (non-hydrogen) atoms. The second-order valence-electron chi connectivity index (χ2n) is 8.98. The predicted molar refractivity (Wildman–Crippen MR) is 124 cm³/mol. The fourth-order valence-electron chi connectivity index (χ4n) is 4.92. The monoisotopic (exact) mass is 475 g/mol. The molecule has 0 spiro atoms. The number of tetrazole rings is 1. The summed E-state index contributed by atoms with van der Waals surface area (Å²) in [7, 11) is 0. The number of rotatable bonds is 5. The minimum Gasteiger partial charge on any atom is -0.370 e. The highest BCUT2D eigenvalue weighted by Gasteiger charge is 2.36. The molecule has 5 rings (SSSR count). The maximum atomic E-state index is 13.9. The number of morpholine rings is 1. The number of piperazine rings is 1. The Bertz CT molecular complexity index is 1260. The summed E-state index contributed by atoms with van der Waals surface area (Å²) in [5, 5.41) is 20.5. The largest absolute Gasteiger partial charge is 0.370 e. The number of aryl methyl sites for hydroxylation is 1. The fourth-order valence-corrected chi connectivity index (χ4v) is 4.92. The molecule has 3 aromatic rings. The molecule has 0 bridgehead atoms. The number of fused-ring (bicyclic) bond motifs is 1. The van der Waals surface area contributed by atoms with Crippen LogP contribution in [0.5, 0.6) is 0 Å². The number of carbonyl (C=O) groups excluding carboxylic acids is 1. The fraction of sp³-hybridized carbons (Fsp3) is 0.400. The Morgan fingerprint density at radius 3 is 2.94 bits per heavy atom. The molecule has 2 unspecified atom stereocenters. The van der Waals surface area contributed by atoms with Gasteiger partial charge < -0.3 is 9.64 Å². The molecule has 1 aromatic heterocycles. The molecule has 180 valence electrons. The molecule has 2 aliphatic heterocycles. The Kier molecular flexibility index (Phi) is 6.53. The number of aromatic nitrogens is 4. The van der Waals surface area contributed by atoms with Gasteiger partial charge >= 0.3 is 0 Å². The van der Waals surface area contributed by atoms with E-state index < -0.39 is 5.82 Å². The minimum absolute atomic E-state index is 0.0760. The van der Waals surface area contributed by atoms with Gasteiger partial charge in [0.1, 0.15) is 18.2 Å². The van der Waals surface area contributed by atoms with Gasteiger partial charge in [0.15, 0.2) is 0 Å². The third-order valence-corrected chi connectivity index (χ3v) is 6.91. The van der Waals surface area contributed by atoms with Crippen molar-refractivity contribution < 1.29 is 13.9 Å². The van der Waals surface area contributed by atoms with Crippen molar-refractivity contribution in [3.8, 4) is 11.8 Å². The van der Waals surface area contributed by atoms with E-state index in [2.05, 4.69) is 20.4 Å². The van der Waals surface area contributed by atoms with Gasteiger partial charge in [0, 0.05) is 32.6 Å². The van der Waals surface area contributed by atoms with Gasteiger partial charge in [-0.1, -0.05) is 18.2 Å². The Morgan fingerprint density at radius 1 is 1.26 bits per heavy atom. The average molecular weight is 476 g/mol. The summed E-state index contributed by atoms with van der Waals surface area (Å²) in [5.41, 5.74) is 3.48. The Hall–Kier alpha value is -3.68. The number of nitriles is 1. The number of ether oxygens (including phenoxy) is 1. The van der Waals surface area contributed by atoms with Crippen LogP contribution >= 0.6 is 0 Å². The molecule has 2 atom stereocenters. The maximum Gasteiger partial charge on any atom is 0.223 e. The van der Waals surface area contributed by atoms with Gasteiger partial charge in [-0.3, -0.25) is 9.69 Å². The normalized spacial score (nSPS) is 20.3. The molecule has 2 fully saturated rings. The van der Waals surface area contributed by atoms with Crippen LogP contribution in [0.25, 0.3) is 5.69 Å². The van der Waals surface area contributed by atoms with Crippen LogP contribution in [-0.2, 0) is 16.0 Å². The average Bonchev–Trinajstić information content (AvgIpc) is 3.42. The molecule has 3 heterocycles. The third-order valence-electron chi connectivity index (χ3n) is 6.91. The lowest BCUT2D eigenvalue weighted by molar-refractivity contribution is -0.140. The Morgan fingerprint density at radius 2 is 2.14 bits per heavy atom. The lowest BCUT2D eigenvalue weighted by atomic mass is 9.96. The SMILES string of the molecule is Cc1c(C2CN3CCN(C(=O)CCc4cccc(-n5cnnn5)c4)CC3CO2)ccc(F)c1C#N. The predicted octanol–water partition coefficient (Wildman–Crippen LogP) is 2.20. The molecule has 10 heteroatoms. The second kappa shape index (κ2) is 9.90. The van der Waals surface area contributed by atoms with Gasteiger partial charge in [-0.15, -0.1) is 5.10 Å². The first-order valence-electron chi connectivity index (χ1n) is 11.7. The van der Waals surface area contributed by atoms with Crippen molar-refractivity contribution in [1.82, 2.24) is 30.0 Å². The van der Waals surface area contributed by atoms with Crippen LogP contribution in [0.2, 0.25) is 0 Å². The Balaban J connectivity index is 1.17. The standard InChI is InChI=1S/C25H26FN7O2/c1-17-21(6-7-23(26)22(17)12-27)24-14-31-9-10-32(13-20(31)15-35-24)25(34)8-5-18-3-2-4-19(11-18)33-16-28-29-30-33/h2-4,6-7,11,16,20,24H,5,8-10,13-15H2,1H3. The van der Waals surface area contributed by atoms with Gasteiger partial charge in [0.25, 0.3) is 0 Å². The van der Waals surface area contributed by atoms with Crippen LogP contribution < -0.4 is 0 Å². The van der Waals surface area contributed by atoms with Gasteiger partial charge in [0.05, 0.1) is 30.0 Å². The number of amides is 1. The van der Waals surface area contributed by atoms with E-state index in [0.717, 1.165) is 23.4 Å². The number of nitrogens with zero attached hydrogens (tertiary/aromatic N) is 7. The van der Waals surface area contributed by atoms with Crippen LogP contribution in [0, 0.1) is 24.1 Å². The Labute approximate surface area is 202 Å². The molecule has 1 amide bonds. The maximum absolute atomic E-state index is 13.9. The number of halogens is 1. The topological polar surface area (TPSA) is 100 Å². The van der Waals surface area contributed by atoms with E-state index in [1.54, 1.807) is 24.0 Å². The van der Waals surface area contributed by atoms with Crippen molar-refractivity contribution in [2.24, 2.45) is 0 Å². The summed E-state index contributed by atoms with van der Waals surface area (Å²) in [5.74, 6) is -0.371. The second-order valence-corrected chi connectivity index (χ2v) is 8.98. The molecule has 2 aliphatic rings. The van der Waals surface area contributed by atoms with E-state index in [1.807, 2.05) is 35.2 Å². The third kappa shape index (κ3) is 4.78. The molecule has 9 nitrogen and oxygen atoms in total. The van der Waals surface area contributed by atoms with Crippen LogP contribution in [0.1, 0.15) is 34.8 Å². The minimum atomic E-state index is -0.503. The number of benzene rings is 2. The van der Waals surface area contributed by atoms with E-state index in [4.69, 9.17) is 4.74 Å². The first-order chi connectivity index (χ1) is 17.0. The van der Waals surface area contributed by atoms with Gasteiger partial charge in [-0.25, -0.2) is 9.07 Å². The molecule has 0 radical (unpaired) electrons. The summed E-state index contributed by atoms with van der Waals surface area (Å²) in [6, 6.07) is 13.0. The summed E-state index contributed by atoms with van der Waals surface area (Å²) in [6.07, 6.45) is 2.40. The van der Waals surface area contributed by atoms with Crippen molar-refractivity contribution in [2.75, 3.05) is 32.8 Å². The number of carbonyl (C=O) groups is 1. The summed E-state index contributed by atoms with van der Waals surface area (Å²) >= 11 is 0. The molecule has 0 N–H and O–H groups in total. The van der Waals surface area contributed by atoms with E-state index in [9.17, 15) is 14.4 Å². The molecular formula is C25H26FN7O2. The zero-order valence-corrected chi connectivity index (χ0v) is 19.5. The van der Waals surface area contributed by atoms with E-state index >= 15 is 0 Å². The van der Waals surface area contributed by atoms with Crippen LogP contribution in [-0.4, -0.2) is 74.7 Å². The molecule has 2 aromatic carbocycles. The van der Waals surface area contributed by atoms with Gasteiger partial charge in [0.2, 0.25) is 5.91 Å². The van der Waals surface area contributed by atoms with Crippen molar-refractivity contribution in [3.05, 3.63) is 70.8 Å². The molecular weight excluding hydrogens is 449 g/mol. The highest BCUT2D eigenvalue weighted by molar-refractivity contribution is 5.76. The highest BCUT2D eigenvalue weighted by Crippen LogP contribution is 2.31. The number of hydrogen-bond acceptors (Lipinski definition) is 7. The summed E-state index contributed by atoms with van der Waals surface area (Å²) in [4.78, 5) is 17.2. The van der Waals surface area contributed by atoms with Gasteiger partial charge in [-0.05, 0) is 58.7 Å². The smallest absolute Gasteiger partial charge is 0.223 e. The van der Waals surface area contributed by atoms with E-state index in [0.29, 0.717) is 44.6 Å². The summed E-state index contributed by atoms with van der Waals surface area (Å²) in [6.45, 7) is 4.97.